The highest BCUT2D eigenvalue weighted by atomic mass is 16.5. The lowest BCUT2D eigenvalue weighted by atomic mass is 10.1. The van der Waals surface area contributed by atoms with Gasteiger partial charge in [0.25, 0.3) is 0 Å². The number of rotatable bonds is 9. The molecule has 0 saturated heterocycles. The van der Waals surface area contributed by atoms with Crippen LogP contribution in [0.15, 0.2) is 54.6 Å². The summed E-state index contributed by atoms with van der Waals surface area (Å²) in [5.41, 5.74) is 2.36. The van der Waals surface area contributed by atoms with Crippen molar-refractivity contribution in [3.8, 4) is 5.75 Å². The number of carbonyl (C=O) groups is 1. The Kier molecular flexibility index (Phi) is 6.49. The highest BCUT2D eigenvalue weighted by Gasteiger charge is 2.01. The van der Waals surface area contributed by atoms with Gasteiger partial charge in [-0.25, -0.2) is 0 Å². The Morgan fingerprint density at radius 2 is 1.68 bits per heavy atom. The molecule has 0 aromatic heterocycles. The van der Waals surface area contributed by atoms with Crippen LogP contribution in [-0.2, 0) is 17.6 Å². The van der Waals surface area contributed by atoms with Crippen LogP contribution in [0.4, 0.5) is 0 Å². The zero-order valence-corrected chi connectivity index (χ0v) is 12.7. The molecule has 2 rings (SSSR count). The molecule has 2 aromatic carbocycles. The Labute approximate surface area is 131 Å². The van der Waals surface area contributed by atoms with Gasteiger partial charge in [-0.2, -0.15) is 0 Å². The van der Waals surface area contributed by atoms with Crippen molar-refractivity contribution in [2.24, 2.45) is 0 Å². The molecule has 0 spiro atoms. The Bertz CT molecular complexity index is 578. The van der Waals surface area contributed by atoms with Crippen LogP contribution in [0.5, 0.6) is 5.75 Å². The summed E-state index contributed by atoms with van der Waals surface area (Å²) >= 11 is 0. The summed E-state index contributed by atoms with van der Waals surface area (Å²) in [7, 11) is 0. The molecule has 3 nitrogen and oxygen atoms in total. The predicted octanol–water partition coefficient (Wildman–Crippen LogP) is 4.11. The Morgan fingerprint density at radius 1 is 0.909 bits per heavy atom. The molecule has 0 aliphatic rings. The first-order chi connectivity index (χ1) is 10.7. The minimum Gasteiger partial charge on any atom is -0.494 e. The van der Waals surface area contributed by atoms with E-state index in [2.05, 4.69) is 24.3 Å². The predicted molar refractivity (Wildman–Crippen MR) is 87.3 cm³/mol. The summed E-state index contributed by atoms with van der Waals surface area (Å²) in [6, 6.07) is 18.1. The van der Waals surface area contributed by atoms with Crippen molar-refractivity contribution in [1.82, 2.24) is 0 Å². The summed E-state index contributed by atoms with van der Waals surface area (Å²) < 4.78 is 5.74. The number of hydrogen-bond acceptors (Lipinski definition) is 2. The first kappa shape index (κ1) is 16.1. The molecule has 0 amide bonds. The molecular formula is C19H22O3. The van der Waals surface area contributed by atoms with Crippen molar-refractivity contribution in [1.29, 1.82) is 0 Å². The topological polar surface area (TPSA) is 46.5 Å². The largest absolute Gasteiger partial charge is 0.494 e. The van der Waals surface area contributed by atoms with Gasteiger partial charge in [-0.3, -0.25) is 4.79 Å². The average Bonchev–Trinajstić information content (AvgIpc) is 2.54. The molecule has 0 bridgehead atoms. The van der Waals surface area contributed by atoms with Crippen LogP contribution < -0.4 is 4.74 Å². The SMILES string of the molecule is O=C(O)CCc1cccc(OCCCCc2ccccc2)c1. The molecule has 0 saturated carbocycles. The van der Waals surface area contributed by atoms with Crippen molar-refractivity contribution in [3.05, 3.63) is 65.7 Å². The van der Waals surface area contributed by atoms with E-state index in [0.29, 0.717) is 13.0 Å². The van der Waals surface area contributed by atoms with E-state index in [9.17, 15) is 4.79 Å². The summed E-state index contributed by atoms with van der Waals surface area (Å²) in [5, 5.41) is 8.71. The second-order valence-corrected chi connectivity index (χ2v) is 5.33. The van der Waals surface area contributed by atoms with Crippen LogP contribution in [0.1, 0.15) is 30.4 Å². The number of aryl methyl sites for hydroxylation is 2. The second kappa shape index (κ2) is 8.88. The van der Waals surface area contributed by atoms with Crippen molar-refractivity contribution in [2.75, 3.05) is 6.61 Å². The Balaban J connectivity index is 1.68. The molecule has 2 aromatic rings. The maximum absolute atomic E-state index is 10.6. The summed E-state index contributed by atoms with van der Waals surface area (Å²) in [5.74, 6) is 0.0508. The minimum atomic E-state index is -0.771. The van der Waals surface area contributed by atoms with E-state index in [1.807, 2.05) is 30.3 Å². The van der Waals surface area contributed by atoms with E-state index >= 15 is 0 Å². The molecule has 0 radical (unpaired) electrons. The molecule has 116 valence electrons. The third-order valence-corrected chi connectivity index (χ3v) is 3.50. The standard InChI is InChI=1S/C19H22O3/c20-19(21)13-12-17-10-6-11-18(15-17)22-14-5-4-9-16-7-2-1-3-8-16/h1-3,6-8,10-11,15H,4-5,9,12-14H2,(H,20,21). The molecule has 0 fully saturated rings. The smallest absolute Gasteiger partial charge is 0.303 e. The fraction of sp³-hybridized carbons (Fsp3) is 0.316. The molecule has 0 aliphatic heterocycles. The van der Waals surface area contributed by atoms with Gasteiger partial charge in [0.15, 0.2) is 0 Å². The lowest BCUT2D eigenvalue weighted by Crippen LogP contribution is -2.00. The molecule has 0 atom stereocenters. The van der Waals surface area contributed by atoms with Crippen LogP contribution in [0.2, 0.25) is 0 Å². The highest BCUT2D eigenvalue weighted by Crippen LogP contribution is 2.15. The number of carboxylic acids is 1. The maximum Gasteiger partial charge on any atom is 0.303 e. The van der Waals surface area contributed by atoms with Crippen LogP contribution >= 0.6 is 0 Å². The first-order valence-electron chi connectivity index (χ1n) is 7.71. The van der Waals surface area contributed by atoms with Crippen LogP contribution in [0.25, 0.3) is 0 Å². The van der Waals surface area contributed by atoms with Gasteiger partial charge in [-0.1, -0.05) is 42.5 Å². The van der Waals surface area contributed by atoms with Crippen LogP contribution in [0.3, 0.4) is 0 Å². The zero-order valence-electron chi connectivity index (χ0n) is 12.7. The van der Waals surface area contributed by atoms with Gasteiger partial charge >= 0.3 is 5.97 Å². The van der Waals surface area contributed by atoms with Crippen molar-refractivity contribution in [3.63, 3.8) is 0 Å². The highest BCUT2D eigenvalue weighted by molar-refractivity contribution is 5.67. The molecule has 1 N–H and O–H groups in total. The van der Waals surface area contributed by atoms with Crippen LogP contribution in [-0.4, -0.2) is 17.7 Å². The molecule has 3 heteroatoms. The number of carboxylic acid groups (broad SMARTS) is 1. The number of hydrogen-bond donors (Lipinski definition) is 1. The van der Waals surface area contributed by atoms with E-state index in [0.717, 1.165) is 30.6 Å². The number of unbranched alkanes of at least 4 members (excludes halogenated alkanes) is 1. The van der Waals surface area contributed by atoms with Crippen molar-refractivity contribution < 1.29 is 14.6 Å². The number of benzene rings is 2. The lowest BCUT2D eigenvalue weighted by Gasteiger charge is -2.08. The first-order valence-corrected chi connectivity index (χ1v) is 7.71. The fourth-order valence-electron chi connectivity index (χ4n) is 2.31. The Hall–Kier alpha value is -2.29. The van der Waals surface area contributed by atoms with Crippen molar-refractivity contribution >= 4 is 5.97 Å². The van der Waals surface area contributed by atoms with E-state index in [1.165, 1.54) is 5.56 Å². The van der Waals surface area contributed by atoms with Gasteiger partial charge in [-0.05, 0) is 48.9 Å². The van der Waals surface area contributed by atoms with E-state index < -0.39 is 5.97 Å². The number of ether oxygens (including phenoxy) is 1. The number of aliphatic carboxylic acids is 1. The van der Waals surface area contributed by atoms with Crippen molar-refractivity contribution in [2.45, 2.75) is 32.1 Å². The zero-order chi connectivity index (χ0) is 15.6. The second-order valence-electron chi connectivity index (χ2n) is 5.33. The third-order valence-electron chi connectivity index (χ3n) is 3.50. The van der Waals surface area contributed by atoms with Gasteiger partial charge in [-0.15, -0.1) is 0 Å². The molecule has 0 heterocycles. The summed E-state index contributed by atoms with van der Waals surface area (Å²) in [6.45, 7) is 0.690. The monoisotopic (exact) mass is 298 g/mol. The minimum absolute atomic E-state index is 0.153. The van der Waals surface area contributed by atoms with Gasteiger partial charge in [0, 0.05) is 6.42 Å². The van der Waals surface area contributed by atoms with Gasteiger partial charge < -0.3 is 9.84 Å². The fourth-order valence-corrected chi connectivity index (χ4v) is 2.31. The maximum atomic E-state index is 10.6. The Morgan fingerprint density at radius 3 is 2.45 bits per heavy atom. The quantitative estimate of drug-likeness (QED) is 0.709. The van der Waals surface area contributed by atoms with Gasteiger partial charge in [0.05, 0.1) is 6.61 Å². The van der Waals surface area contributed by atoms with Crippen LogP contribution in [0, 0.1) is 0 Å². The summed E-state index contributed by atoms with van der Waals surface area (Å²) in [4.78, 5) is 10.6. The third kappa shape index (κ3) is 6.00. The van der Waals surface area contributed by atoms with E-state index in [4.69, 9.17) is 9.84 Å². The normalized spacial score (nSPS) is 10.4. The van der Waals surface area contributed by atoms with Gasteiger partial charge in [0.2, 0.25) is 0 Å². The summed E-state index contributed by atoms with van der Waals surface area (Å²) in [6.07, 6.45) is 3.88. The molecule has 0 aliphatic carbocycles. The average molecular weight is 298 g/mol. The molecular weight excluding hydrogens is 276 g/mol. The van der Waals surface area contributed by atoms with E-state index in [1.54, 1.807) is 0 Å². The molecule has 0 unspecified atom stereocenters. The lowest BCUT2D eigenvalue weighted by molar-refractivity contribution is -0.136. The van der Waals surface area contributed by atoms with E-state index in [-0.39, 0.29) is 6.42 Å². The van der Waals surface area contributed by atoms with Gasteiger partial charge in [0.1, 0.15) is 5.75 Å². The molecule has 22 heavy (non-hydrogen) atoms.